The molecule has 6 nitrogen and oxygen atoms in total. The van der Waals surface area contributed by atoms with Crippen LogP contribution in [0, 0.1) is 5.92 Å². The molecule has 3 heterocycles. The third-order valence-electron chi connectivity index (χ3n) is 4.00. The highest BCUT2D eigenvalue weighted by Gasteiger charge is 2.29. The minimum absolute atomic E-state index is 0.143. The second-order valence-corrected chi connectivity index (χ2v) is 5.54. The molecule has 22 heavy (non-hydrogen) atoms. The fourth-order valence-electron chi connectivity index (χ4n) is 2.68. The van der Waals surface area contributed by atoms with Crippen molar-refractivity contribution in [3.8, 4) is 11.5 Å². The monoisotopic (exact) mass is 301 g/mol. The van der Waals surface area contributed by atoms with Crippen molar-refractivity contribution in [3.63, 3.8) is 0 Å². The number of carbonyl (C=O) groups excluding carboxylic acids is 1. The third kappa shape index (κ3) is 2.96. The molecule has 2 N–H and O–H groups in total. The molecule has 0 saturated carbocycles. The van der Waals surface area contributed by atoms with E-state index in [1.165, 1.54) is 0 Å². The smallest absolute Gasteiger partial charge is 0.321 e. The first kappa shape index (κ1) is 14.6. The first-order valence-electron chi connectivity index (χ1n) is 7.38. The Bertz CT molecular complexity index is 640. The predicted molar refractivity (Wildman–Crippen MR) is 82.3 cm³/mol. The first-order valence-corrected chi connectivity index (χ1v) is 7.38. The van der Waals surface area contributed by atoms with Gasteiger partial charge in [0.2, 0.25) is 0 Å². The van der Waals surface area contributed by atoms with Gasteiger partial charge in [-0.25, -0.2) is 4.79 Å². The van der Waals surface area contributed by atoms with E-state index in [9.17, 15) is 9.90 Å². The van der Waals surface area contributed by atoms with E-state index in [4.69, 9.17) is 4.42 Å². The summed E-state index contributed by atoms with van der Waals surface area (Å²) in [5, 5.41) is 12.5. The standard InChI is InChI=1S/C16H19N3O3/c1-11(20)12-6-8-19(10-12)16(21)18-13-4-2-7-17-15(13)14-5-3-9-22-14/h2-5,7,9,11-12,20H,6,8,10H2,1H3,(H,18,21)/t11-,12+/m1/s1. The minimum Gasteiger partial charge on any atom is -0.463 e. The van der Waals surface area contributed by atoms with E-state index >= 15 is 0 Å². The Labute approximate surface area is 128 Å². The van der Waals surface area contributed by atoms with Crippen LogP contribution in [0.25, 0.3) is 11.5 Å². The van der Waals surface area contributed by atoms with Gasteiger partial charge >= 0.3 is 6.03 Å². The number of urea groups is 1. The van der Waals surface area contributed by atoms with Gasteiger partial charge < -0.3 is 19.7 Å². The van der Waals surface area contributed by atoms with Crippen LogP contribution >= 0.6 is 0 Å². The average molecular weight is 301 g/mol. The van der Waals surface area contributed by atoms with Gasteiger partial charge in [-0.2, -0.15) is 0 Å². The van der Waals surface area contributed by atoms with Gasteiger partial charge in [-0.05, 0) is 37.6 Å². The number of hydrogen-bond donors (Lipinski definition) is 2. The Balaban J connectivity index is 1.73. The zero-order chi connectivity index (χ0) is 15.5. The average Bonchev–Trinajstić information content (AvgIpc) is 3.19. The van der Waals surface area contributed by atoms with Crippen molar-refractivity contribution in [1.29, 1.82) is 0 Å². The Morgan fingerprint density at radius 2 is 2.36 bits per heavy atom. The number of nitrogens with zero attached hydrogens (tertiary/aromatic N) is 2. The summed E-state index contributed by atoms with van der Waals surface area (Å²) < 4.78 is 5.36. The van der Waals surface area contributed by atoms with E-state index in [1.54, 1.807) is 48.5 Å². The molecule has 2 atom stereocenters. The van der Waals surface area contributed by atoms with Crippen LogP contribution in [-0.4, -0.2) is 40.2 Å². The molecule has 0 spiro atoms. The highest BCUT2D eigenvalue weighted by atomic mass is 16.3. The van der Waals surface area contributed by atoms with Crippen molar-refractivity contribution in [2.75, 3.05) is 18.4 Å². The number of pyridine rings is 1. The van der Waals surface area contributed by atoms with Crippen LogP contribution in [0.1, 0.15) is 13.3 Å². The lowest BCUT2D eigenvalue weighted by Gasteiger charge is -2.19. The molecule has 6 heteroatoms. The maximum atomic E-state index is 12.4. The highest BCUT2D eigenvalue weighted by Crippen LogP contribution is 2.27. The quantitative estimate of drug-likeness (QED) is 0.913. The van der Waals surface area contributed by atoms with Crippen molar-refractivity contribution in [2.45, 2.75) is 19.4 Å². The molecule has 0 radical (unpaired) electrons. The maximum Gasteiger partial charge on any atom is 0.321 e. The number of aliphatic hydroxyl groups is 1. The Kier molecular flexibility index (Phi) is 4.11. The lowest BCUT2D eigenvalue weighted by atomic mass is 10.0. The number of rotatable bonds is 3. The Morgan fingerprint density at radius 1 is 1.50 bits per heavy atom. The fourth-order valence-corrected chi connectivity index (χ4v) is 2.68. The van der Waals surface area contributed by atoms with Crippen molar-refractivity contribution < 1.29 is 14.3 Å². The number of furan rings is 1. The number of nitrogens with one attached hydrogen (secondary N) is 1. The summed E-state index contributed by atoms with van der Waals surface area (Å²) in [6, 6.07) is 6.97. The normalized spacial score (nSPS) is 19.2. The first-order chi connectivity index (χ1) is 10.6. The number of aromatic nitrogens is 1. The van der Waals surface area contributed by atoms with Crippen LogP contribution in [0.5, 0.6) is 0 Å². The second-order valence-electron chi connectivity index (χ2n) is 5.54. The van der Waals surface area contributed by atoms with E-state index in [1.807, 2.05) is 0 Å². The number of anilines is 1. The van der Waals surface area contributed by atoms with E-state index in [0.717, 1.165) is 6.42 Å². The van der Waals surface area contributed by atoms with Gasteiger partial charge in [0.05, 0.1) is 18.1 Å². The SMILES string of the molecule is C[C@@H](O)[C@H]1CCN(C(=O)Nc2cccnc2-c2ccco2)C1. The number of aliphatic hydroxyl groups excluding tert-OH is 1. The number of carbonyl (C=O) groups is 1. The second kappa shape index (κ2) is 6.19. The van der Waals surface area contributed by atoms with Crippen LogP contribution in [-0.2, 0) is 0 Å². The molecule has 0 unspecified atom stereocenters. The summed E-state index contributed by atoms with van der Waals surface area (Å²) in [5.41, 5.74) is 1.22. The zero-order valence-electron chi connectivity index (χ0n) is 12.4. The molecule has 2 aromatic rings. The fraction of sp³-hybridized carbons (Fsp3) is 0.375. The largest absolute Gasteiger partial charge is 0.463 e. The highest BCUT2D eigenvalue weighted by molar-refractivity contribution is 5.93. The Hall–Kier alpha value is -2.34. The summed E-state index contributed by atoms with van der Waals surface area (Å²) in [5.74, 6) is 0.753. The summed E-state index contributed by atoms with van der Waals surface area (Å²) in [6.07, 6.45) is 3.66. The van der Waals surface area contributed by atoms with Crippen LogP contribution < -0.4 is 5.32 Å². The van der Waals surface area contributed by atoms with Crippen LogP contribution in [0.3, 0.4) is 0 Å². The number of likely N-dealkylation sites (tertiary alicyclic amines) is 1. The van der Waals surface area contributed by atoms with Gasteiger partial charge in [0, 0.05) is 25.2 Å². The predicted octanol–water partition coefficient (Wildman–Crippen LogP) is 2.58. The summed E-state index contributed by atoms with van der Waals surface area (Å²) >= 11 is 0. The van der Waals surface area contributed by atoms with Crippen molar-refractivity contribution in [2.24, 2.45) is 5.92 Å². The molecule has 0 bridgehead atoms. The molecule has 1 fully saturated rings. The van der Waals surface area contributed by atoms with Gasteiger partial charge in [0.15, 0.2) is 5.76 Å². The topological polar surface area (TPSA) is 78.6 Å². The molecule has 1 saturated heterocycles. The van der Waals surface area contributed by atoms with E-state index in [-0.39, 0.29) is 11.9 Å². The summed E-state index contributed by atoms with van der Waals surface area (Å²) in [6.45, 7) is 2.99. The van der Waals surface area contributed by atoms with Crippen LogP contribution in [0.4, 0.5) is 10.5 Å². The molecule has 0 aliphatic carbocycles. The minimum atomic E-state index is -0.394. The zero-order valence-corrected chi connectivity index (χ0v) is 12.4. The molecule has 3 rings (SSSR count). The number of hydrogen-bond acceptors (Lipinski definition) is 4. The molecule has 0 aromatic carbocycles. The van der Waals surface area contributed by atoms with Gasteiger partial charge in [0.25, 0.3) is 0 Å². The lowest BCUT2D eigenvalue weighted by Crippen LogP contribution is -2.34. The molecule has 2 aromatic heterocycles. The molecule has 2 amide bonds. The molecular weight excluding hydrogens is 282 g/mol. The summed E-state index contributed by atoms with van der Waals surface area (Å²) in [7, 11) is 0. The van der Waals surface area contributed by atoms with Crippen LogP contribution in [0.2, 0.25) is 0 Å². The van der Waals surface area contributed by atoms with Crippen LogP contribution in [0.15, 0.2) is 41.1 Å². The van der Waals surface area contributed by atoms with Gasteiger partial charge in [-0.3, -0.25) is 4.98 Å². The molecular formula is C16H19N3O3. The Morgan fingerprint density at radius 3 is 3.05 bits per heavy atom. The van der Waals surface area contributed by atoms with Crippen molar-refractivity contribution >= 4 is 11.7 Å². The lowest BCUT2D eigenvalue weighted by molar-refractivity contribution is 0.130. The van der Waals surface area contributed by atoms with E-state index < -0.39 is 6.10 Å². The molecule has 1 aliphatic rings. The number of amides is 2. The van der Waals surface area contributed by atoms with Gasteiger partial charge in [-0.1, -0.05) is 0 Å². The molecule has 1 aliphatic heterocycles. The van der Waals surface area contributed by atoms with Gasteiger partial charge in [-0.15, -0.1) is 0 Å². The third-order valence-corrected chi connectivity index (χ3v) is 4.00. The maximum absolute atomic E-state index is 12.4. The summed E-state index contributed by atoms with van der Waals surface area (Å²) in [4.78, 5) is 18.4. The van der Waals surface area contributed by atoms with Crippen molar-refractivity contribution in [1.82, 2.24) is 9.88 Å². The van der Waals surface area contributed by atoms with E-state index in [2.05, 4.69) is 10.3 Å². The van der Waals surface area contributed by atoms with E-state index in [0.29, 0.717) is 30.2 Å². The molecule has 116 valence electrons. The van der Waals surface area contributed by atoms with Crippen molar-refractivity contribution in [3.05, 3.63) is 36.7 Å². The van der Waals surface area contributed by atoms with Gasteiger partial charge in [0.1, 0.15) is 5.69 Å².